The van der Waals surface area contributed by atoms with Gasteiger partial charge in [0.25, 0.3) is 0 Å². The third-order valence-electron chi connectivity index (χ3n) is 0.653. The van der Waals surface area contributed by atoms with Crippen LogP contribution in [-0.4, -0.2) is 38.2 Å². The third-order valence-corrected chi connectivity index (χ3v) is 1.07. The molecule has 0 saturated carbocycles. The minimum absolute atomic E-state index is 0.0837. The summed E-state index contributed by atoms with van der Waals surface area (Å²) in [6, 6.07) is 0. The van der Waals surface area contributed by atoms with Crippen LogP contribution in [0.3, 0.4) is 0 Å². The highest BCUT2D eigenvalue weighted by molar-refractivity contribution is 7.77. The summed E-state index contributed by atoms with van der Waals surface area (Å²) in [5, 5.41) is 16.7. The monoisotopic (exact) mass is 155 g/mol. The van der Waals surface area contributed by atoms with Gasteiger partial charge in [-0.3, -0.25) is 4.55 Å². The van der Waals surface area contributed by atoms with Crippen LogP contribution in [0.5, 0.6) is 0 Å². The fraction of sp³-hybridized carbons (Fsp3) is 1.00. The van der Waals surface area contributed by atoms with Gasteiger partial charge in [0, 0.05) is 6.54 Å². The van der Waals surface area contributed by atoms with Crippen molar-refractivity contribution < 1.29 is 19.0 Å². The Morgan fingerprint density at radius 2 is 2.22 bits per heavy atom. The summed E-state index contributed by atoms with van der Waals surface area (Å²) in [6.07, 6.45) is -0.971. The van der Waals surface area contributed by atoms with Crippen LogP contribution < -0.4 is 4.72 Å². The van der Waals surface area contributed by atoms with Gasteiger partial charge in [-0.2, -0.15) is 0 Å². The van der Waals surface area contributed by atoms with E-state index in [2.05, 4.69) is 0 Å². The van der Waals surface area contributed by atoms with E-state index in [0.717, 1.165) is 0 Å². The summed E-state index contributed by atoms with van der Waals surface area (Å²) in [7, 11) is 0. The number of rotatable bonds is 4. The molecule has 0 heterocycles. The lowest BCUT2D eigenvalue weighted by Gasteiger charge is -2.03. The van der Waals surface area contributed by atoms with Crippen molar-refractivity contribution in [3.8, 4) is 0 Å². The average Bonchev–Trinajstić information content (AvgIpc) is 1.83. The third kappa shape index (κ3) is 5.87. The van der Waals surface area contributed by atoms with E-state index in [9.17, 15) is 4.21 Å². The second-order valence-electron chi connectivity index (χ2n) is 1.43. The van der Waals surface area contributed by atoms with Crippen LogP contribution in [-0.2, 0) is 11.3 Å². The van der Waals surface area contributed by atoms with E-state index >= 15 is 0 Å². The first-order valence-corrected chi connectivity index (χ1v) is 3.40. The van der Waals surface area contributed by atoms with Crippen LogP contribution in [0.25, 0.3) is 0 Å². The van der Waals surface area contributed by atoms with E-state index in [-0.39, 0.29) is 6.54 Å². The Kier molecular flexibility index (Phi) is 4.83. The molecule has 56 valence electrons. The summed E-state index contributed by atoms with van der Waals surface area (Å²) in [5.41, 5.74) is 0. The normalized spacial score (nSPS) is 17.2. The second-order valence-corrected chi connectivity index (χ2v) is 2.22. The molecule has 2 unspecified atom stereocenters. The second kappa shape index (κ2) is 4.83. The minimum Gasteiger partial charge on any atom is -0.394 e. The lowest BCUT2D eigenvalue weighted by atomic mass is 10.4. The van der Waals surface area contributed by atoms with Crippen molar-refractivity contribution in [3.63, 3.8) is 0 Å². The SMILES string of the molecule is O=S(O)NCC(O)CO. The van der Waals surface area contributed by atoms with E-state index in [1.807, 2.05) is 4.72 Å². The molecule has 0 aromatic carbocycles. The van der Waals surface area contributed by atoms with Crippen molar-refractivity contribution in [3.05, 3.63) is 0 Å². The van der Waals surface area contributed by atoms with Crippen molar-refractivity contribution in [1.29, 1.82) is 0 Å². The number of hydrogen-bond acceptors (Lipinski definition) is 3. The highest BCUT2D eigenvalue weighted by Gasteiger charge is 2.01. The van der Waals surface area contributed by atoms with Crippen molar-refractivity contribution >= 4 is 11.3 Å². The van der Waals surface area contributed by atoms with Gasteiger partial charge in [-0.05, 0) is 0 Å². The minimum atomic E-state index is -2.11. The smallest absolute Gasteiger partial charge is 0.231 e. The first-order chi connectivity index (χ1) is 4.16. The molecule has 5 nitrogen and oxygen atoms in total. The molecule has 0 rings (SSSR count). The summed E-state index contributed by atoms with van der Waals surface area (Å²) in [4.78, 5) is 0. The Hall–Kier alpha value is -0.0100. The van der Waals surface area contributed by atoms with Gasteiger partial charge >= 0.3 is 0 Å². The average molecular weight is 155 g/mol. The molecular formula is C3H9NO4S. The van der Waals surface area contributed by atoms with E-state index in [0.29, 0.717) is 0 Å². The number of aliphatic hydroxyl groups is 2. The molecule has 9 heavy (non-hydrogen) atoms. The van der Waals surface area contributed by atoms with E-state index in [1.54, 1.807) is 0 Å². The topological polar surface area (TPSA) is 89.8 Å². The molecule has 0 saturated heterocycles. The predicted octanol–water partition coefficient (Wildman–Crippen LogP) is -1.93. The van der Waals surface area contributed by atoms with Gasteiger partial charge in [-0.15, -0.1) is 0 Å². The molecule has 0 radical (unpaired) electrons. The van der Waals surface area contributed by atoms with Gasteiger partial charge < -0.3 is 10.2 Å². The van der Waals surface area contributed by atoms with Crippen LogP contribution in [0.4, 0.5) is 0 Å². The Balaban J connectivity index is 3.16. The molecule has 4 N–H and O–H groups in total. The number of nitrogens with one attached hydrogen (secondary N) is 1. The summed E-state index contributed by atoms with van der Waals surface area (Å²) in [5.74, 6) is 0. The first-order valence-electron chi connectivity index (χ1n) is 2.30. The Labute approximate surface area is 55.1 Å². The fourth-order valence-corrected chi connectivity index (χ4v) is 0.567. The van der Waals surface area contributed by atoms with Gasteiger partial charge in [-0.1, -0.05) is 0 Å². The van der Waals surface area contributed by atoms with Gasteiger partial charge in [0.1, 0.15) is 0 Å². The largest absolute Gasteiger partial charge is 0.394 e. The summed E-state index contributed by atoms with van der Waals surface area (Å²) >= 11 is -2.11. The number of hydrogen-bond donors (Lipinski definition) is 4. The predicted molar refractivity (Wildman–Crippen MR) is 31.9 cm³/mol. The lowest BCUT2D eigenvalue weighted by molar-refractivity contribution is 0.0987. The maximum atomic E-state index is 9.83. The van der Waals surface area contributed by atoms with Crippen molar-refractivity contribution in [1.82, 2.24) is 4.72 Å². The Morgan fingerprint density at radius 1 is 1.67 bits per heavy atom. The molecule has 2 atom stereocenters. The van der Waals surface area contributed by atoms with Gasteiger partial charge in [0.15, 0.2) is 0 Å². The van der Waals surface area contributed by atoms with E-state index < -0.39 is 24.0 Å². The molecule has 0 aliphatic carbocycles. The number of aliphatic hydroxyl groups excluding tert-OH is 2. The molecular weight excluding hydrogens is 146 g/mol. The first kappa shape index (κ1) is 8.99. The van der Waals surface area contributed by atoms with Crippen LogP contribution in [0, 0.1) is 0 Å². The lowest BCUT2D eigenvalue weighted by Crippen LogP contribution is -2.30. The molecule has 0 aliphatic heterocycles. The highest BCUT2D eigenvalue weighted by Crippen LogP contribution is 1.75. The Morgan fingerprint density at radius 3 is 2.56 bits per heavy atom. The summed E-state index contributed by atoms with van der Waals surface area (Å²) < 4.78 is 19.9. The maximum absolute atomic E-state index is 9.83. The van der Waals surface area contributed by atoms with E-state index in [4.69, 9.17) is 14.8 Å². The van der Waals surface area contributed by atoms with Crippen molar-refractivity contribution in [2.75, 3.05) is 13.2 Å². The van der Waals surface area contributed by atoms with Crippen molar-refractivity contribution in [2.45, 2.75) is 6.10 Å². The standard InChI is InChI=1S/C3H9NO4S/c5-2-3(6)1-4-9(7)8/h3-6H,1-2H2,(H,7,8). The van der Waals surface area contributed by atoms with Gasteiger partial charge in [0.2, 0.25) is 11.3 Å². The summed E-state index contributed by atoms with van der Waals surface area (Å²) in [6.45, 7) is -0.496. The zero-order chi connectivity index (χ0) is 7.28. The molecule has 0 spiro atoms. The zero-order valence-corrected chi connectivity index (χ0v) is 5.47. The molecule has 0 aromatic heterocycles. The molecule has 0 amide bonds. The molecule has 0 bridgehead atoms. The Bertz CT molecular complexity index is 97.8. The molecule has 0 aromatic rings. The van der Waals surface area contributed by atoms with E-state index in [1.165, 1.54) is 0 Å². The van der Waals surface area contributed by atoms with Gasteiger partial charge in [-0.25, -0.2) is 8.93 Å². The van der Waals surface area contributed by atoms with Crippen LogP contribution >= 0.6 is 0 Å². The van der Waals surface area contributed by atoms with Crippen LogP contribution in [0.2, 0.25) is 0 Å². The van der Waals surface area contributed by atoms with Gasteiger partial charge in [0.05, 0.1) is 12.7 Å². The van der Waals surface area contributed by atoms with Crippen LogP contribution in [0.15, 0.2) is 0 Å². The molecule has 6 heteroatoms. The quantitative estimate of drug-likeness (QED) is 0.356. The zero-order valence-electron chi connectivity index (χ0n) is 4.65. The van der Waals surface area contributed by atoms with Crippen LogP contribution in [0.1, 0.15) is 0 Å². The fourth-order valence-electron chi connectivity index (χ4n) is 0.232. The molecule has 0 fully saturated rings. The van der Waals surface area contributed by atoms with Crippen molar-refractivity contribution in [2.24, 2.45) is 0 Å². The highest BCUT2D eigenvalue weighted by atomic mass is 32.2. The molecule has 0 aliphatic rings. The maximum Gasteiger partial charge on any atom is 0.231 e.